The van der Waals surface area contributed by atoms with Crippen molar-refractivity contribution in [3.8, 4) is 5.75 Å². The summed E-state index contributed by atoms with van der Waals surface area (Å²) in [6, 6.07) is 9.93. The van der Waals surface area contributed by atoms with E-state index in [2.05, 4.69) is 16.5 Å². The molecule has 1 atom stereocenters. The molecule has 0 aliphatic carbocycles. The number of nitrogens with one attached hydrogen (secondary N) is 1. The molecule has 2 heterocycles. The standard InChI is InChI=1S/C23H32N4O3/c1-17-15-18(2)27(25-17)13-4-12-24-23(29)20-7-10-22(28)26(16-20)14-11-19-5-8-21(30-3)9-6-19/h5-6,8-9,15,20H,4,7,10-14,16H2,1-3H3,(H,24,29). The Morgan fingerprint density at radius 1 is 1.23 bits per heavy atom. The van der Waals surface area contributed by atoms with E-state index in [0.29, 0.717) is 32.5 Å². The van der Waals surface area contributed by atoms with Gasteiger partial charge < -0.3 is 15.0 Å². The fourth-order valence-corrected chi connectivity index (χ4v) is 3.89. The van der Waals surface area contributed by atoms with E-state index < -0.39 is 0 Å². The fourth-order valence-electron chi connectivity index (χ4n) is 3.89. The second-order valence-electron chi connectivity index (χ2n) is 7.97. The summed E-state index contributed by atoms with van der Waals surface area (Å²) in [7, 11) is 1.64. The first-order valence-corrected chi connectivity index (χ1v) is 10.7. The summed E-state index contributed by atoms with van der Waals surface area (Å²) in [6.07, 6.45) is 2.67. The Balaban J connectivity index is 1.42. The molecular weight excluding hydrogens is 380 g/mol. The molecule has 1 fully saturated rings. The summed E-state index contributed by atoms with van der Waals surface area (Å²) < 4.78 is 7.15. The van der Waals surface area contributed by atoms with Crippen molar-refractivity contribution in [2.75, 3.05) is 26.7 Å². The van der Waals surface area contributed by atoms with Gasteiger partial charge in [-0.1, -0.05) is 12.1 Å². The summed E-state index contributed by atoms with van der Waals surface area (Å²) in [6.45, 7) is 6.56. The monoisotopic (exact) mass is 412 g/mol. The molecule has 2 amide bonds. The molecule has 30 heavy (non-hydrogen) atoms. The number of hydrogen-bond donors (Lipinski definition) is 1. The lowest BCUT2D eigenvalue weighted by Gasteiger charge is -2.32. The Labute approximate surface area is 178 Å². The average molecular weight is 413 g/mol. The number of amides is 2. The Bertz CT molecular complexity index is 860. The first-order chi connectivity index (χ1) is 14.5. The van der Waals surface area contributed by atoms with Crippen LogP contribution in [0, 0.1) is 19.8 Å². The average Bonchev–Trinajstić information content (AvgIpc) is 3.07. The van der Waals surface area contributed by atoms with E-state index in [-0.39, 0.29) is 17.7 Å². The second kappa shape index (κ2) is 10.3. The number of rotatable bonds is 9. The molecule has 0 spiro atoms. The third kappa shape index (κ3) is 5.84. The zero-order valence-corrected chi connectivity index (χ0v) is 18.2. The zero-order chi connectivity index (χ0) is 21.5. The molecule has 1 aromatic carbocycles. The molecule has 1 aromatic heterocycles. The van der Waals surface area contributed by atoms with Crippen LogP contribution in [0.4, 0.5) is 0 Å². The van der Waals surface area contributed by atoms with Crippen LogP contribution in [-0.4, -0.2) is 53.2 Å². The van der Waals surface area contributed by atoms with E-state index in [9.17, 15) is 9.59 Å². The van der Waals surface area contributed by atoms with Crippen LogP contribution in [0.2, 0.25) is 0 Å². The molecule has 0 radical (unpaired) electrons. The second-order valence-corrected chi connectivity index (χ2v) is 7.97. The first-order valence-electron chi connectivity index (χ1n) is 10.7. The number of likely N-dealkylation sites (tertiary alicyclic amines) is 1. The molecule has 1 unspecified atom stereocenters. The zero-order valence-electron chi connectivity index (χ0n) is 18.2. The number of carbonyl (C=O) groups excluding carboxylic acids is 2. The molecule has 162 valence electrons. The van der Waals surface area contributed by atoms with Gasteiger partial charge in [-0.3, -0.25) is 14.3 Å². The van der Waals surface area contributed by atoms with Crippen LogP contribution in [0.1, 0.15) is 36.2 Å². The van der Waals surface area contributed by atoms with Gasteiger partial charge in [0.25, 0.3) is 0 Å². The molecule has 0 saturated carbocycles. The van der Waals surface area contributed by atoms with Crippen LogP contribution >= 0.6 is 0 Å². The van der Waals surface area contributed by atoms with Crippen LogP contribution in [0.5, 0.6) is 5.75 Å². The Morgan fingerprint density at radius 2 is 2.00 bits per heavy atom. The van der Waals surface area contributed by atoms with Gasteiger partial charge in [-0.05, 0) is 56.9 Å². The minimum Gasteiger partial charge on any atom is -0.497 e. The van der Waals surface area contributed by atoms with Crippen molar-refractivity contribution in [3.63, 3.8) is 0 Å². The Kier molecular flexibility index (Phi) is 7.49. The van der Waals surface area contributed by atoms with Crippen molar-refractivity contribution in [1.29, 1.82) is 0 Å². The lowest BCUT2D eigenvalue weighted by molar-refractivity contribution is -0.138. The molecule has 7 nitrogen and oxygen atoms in total. The number of methoxy groups -OCH3 is 1. The van der Waals surface area contributed by atoms with Crippen molar-refractivity contribution < 1.29 is 14.3 Å². The fraction of sp³-hybridized carbons (Fsp3) is 0.522. The smallest absolute Gasteiger partial charge is 0.224 e. The van der Waals surface area contributed by atoms with Gasteiger partial charge in [-0.25, -0.2) is 0 Å². The van der Waals surface area contributed by atoms with Crippen LogP contribution < -0.4 is 10.1 Å². The number of benzene rings is 1. The third-order valence-electron chi connectivity index (χ3n) is 5.65. The number of carbonyl (C=O) groups is 2. The Hall–Kier alpha value is -2.83. The maximum absolute atomic E-state index is 12.6. The molecule has 7 heteroatoms. The summed E-state index contributed by atoms with van der Waals surface area (Å²) in [5, 5.41) is 7.48. The highest BCUT2D eigenvalue weighted by molar-refractivity contribution is 5.83. The molecule has 3 rings (SSSR count). The lowest BCUT2D eigenvalue weighted by Crippen LogP contribution is -2.46. The van der Waals surface area contributed by atoms with Gasteiger partial charge in [0.2, 0.25) is 11.8 Å². The van der Waals surface area contributed by atoms with Gasteiger partial charge >= 0.3 is 0 Å². The number of piperidine rings is 1. The van der Waals surface area contributed by atoms with Crippen molar-refractivity contribution in [2.24, 2.45) is 5.92 Å². The molecule has 0 bridgehead atoms. The third-order valence-corrected chi connectivity index (χ3v) is 5.65. The predicted octanol–water partition coefficient (Wildman–Crippen LogP) is 2.50. The topological polar surface area (TPSA) is 76.5 Å². The van der Waals surface area contributed by atoms with Crippen molar-refractivity contribution >= 4 is 11.8 Å². The van der Waals surface area contributed by atoms with Gasteiger partial charge in [0, 0.05) is 38.3 Å². The Morgan fingerprint density at radius 3 is 2.67 bits per heavy atom. The summed E-state index contributed by atoms with van der Waals surface area (Å²) in [4.78, 5) is 26.7. The summed E-state index contributed by atoms with van der Waals surface area (Å²) in [5.41, 5.74) is 3.30. The van der Waals surface area contributed by atoms with E-state index >= 15 is 0 Å². The largest absolute Gasteiger partial charge is 0.497 e. The first kappa shape index (κ1) is 21.9. The van der Waals surface area contributed by atoms with E-state index in [4.69, 9.17) is 4.74 Å². The van der Waals surface area contributed by atoms with Crippen LogP contribution in [-0.2, 0) is 22.6 Å². The molecule has 1 N–H and O–H groups in total. The quantitative estimate of drug-likeness (QED) is 0.642. The number of ether oxygens (including phenoxy) is 1. The maximum atomic E-state index is 12.6. The van der Waals surface area contributed by atoms with Gasteiger partial charge in [0.1, 0.15) is 5.75 Å². The van der Waals surface area contributed by atoms with E-state index in [1.165, 1.54) is 0 Å². The van der Waals surface area contributed by atoms with E-state index in [0.717, 1.165) is 42.1 Å². The SMILES string of the molecule is COc1ccc(CCN2CC(C(=O)NCCCn3nc(C)cc3C)CCC2=O)cc1. The minimum atomic E-state index is -0.132. The lowest BCUT2D eigenvalue weighted by atomic mass is 9.96. The molecule has 1 aliphatic heterocycles. The van der Waals surface area contributed by atoms with Crippen LogP contribution in [0.25, 0.3) is 0 Å². The number of aryl methyl sites for hydroxylation is 3. The maximum Gasteiger partial charge on any atom is 0.224 e. The normalized spacial score (nSPS) is 16.6. The molecule has 1 saturated heterocycles. The molecule has 1 aliphatic rings. The van der Waals surface area contributed by atoms with Gasteiger partial charge in [-0.15, -0.1) is 0 Å². The highest BCUT2D eigenvalue weighted by Gasteiger charge is 2.29. The number of aromatic nitrogens is 2. The number of hydrogen-bond acceptors (Lipinski definition) is 4. The van der Waals surface area contributed by atoms with Gasteiger partial charge in [0.15, 0.2) is 0 Å². The van der Waals surface area contributed by atoms with Gasteiger partial charge in [0.05, 0.1) is 18.7 Å². The van der Waals surface area contributed by atoms with Crippen LogP contribution in [0.15, 0.2) is 30.3 Å². The van der Waals surface area contributed by atoms with Crippen molar-refractivity contribution in [3.05, 3.63) is 47.3 Å². The van der Waals surface area contributed by atoms with Crippen molar-refractivity contribution in [1.82, 2.24) is 20.0 Å². The predicted molar refractivity (Wildman–Crippen MR) is 115 cm³/mol. The van der Waals surface area contributed by atoms with Crippen molar-refractivity contribution in [2.45, 2.75) is 46.1 Å². The summed E-state index contributed by atoms with van der Waals surface area (Å²) >= 11 is 0. The minimum absolute atomic E-state index is 0.0466. The molecular formula is C23H32N4O3. The van der Waals surface area contributed by atoms with E-state index in [1.807, 2.05) is 47.7 Å². The summed E-state index contributed by atoms with van der Waals surface area (Å²) in [5.74, 6) is 0.872. The van der Waals surface area contributed by atoms with Gasteiger partial charge in [-0.2, -0.15) is 5.10 Å². The number of nitrogens with zero attached hydrogens (tertiary/aromatic N) is 3. The molecule has 2 aromatic rings. The highest BCUT2D eigenvalue weighted by Crippen LogP contribution is 2.19. The van der Waals surface area contributed by atoms with E-state index in [1.54, 1.807) is 7.11 Å². The highest BCUT2D eigenvalue weighted by atomic mass is 16.5. The van der Waals surface area contributed by atoms with Crippen LogP contribution in [0.3, 0.4) is 0 Å².